The fourth-order valence-electron chi connectivity index (χ4n) is 1.71. The van der Waals surface area contributed by atoms with Gasteiger partial charge in [0.05, 0.1) is 17.3 Å². The Morgan fingerprint density at radius 1 is 1.41 bits per heavy atom. The van der Waals surface area contributed by atoms with E-state index in [-0.39, 0.29) is 0 Å². The van der Waals surface area contributed by atoms with E-state index in [0.717, 1.165) is 24.4 Å². The number of hydrogen-bond acceptors (Lipinski definition) is 3. The van der Waals surface area contributed by atoms with Gasteiger partial charge in [-0.3, -0.25) is 0 Å². The lowest BCUT2D eigenvalue weighted by molar-refractivity contribution is 0.694. The molecule has 2 N–H and O–H groups in total. The zero-order valence-electron chi connectivity index (χ0n) is 9.73. The van der Waals surface area contributed by atoms with Crippen molar-refractivity contribution >= 4 is 17.4 Å². The highest BCUT2D eigenvalue weighted by molar-refractivity contribution is 6.31. The minimum atomic E-state index is 0.488. The van der Waals surface area contributed by atoms with Crippen LogP contribution in [0.3, 0.4) is 0 Å². The van der Waals surface area contributed by atoms with Crippen molar-refractivity contribution in [2.24, 2.45) is 0 Å². The van der Waals surface area contributed by atoms with Gasteiger partial charge in [0.2, 0.25) is 0 Å². The van der Waals surface area contributed by atoms with Gasteiger partial charge in [0.25, 0.3) is 0 Å². The number of rotatable bonds is 4. The summed E-state index contributed by atoms with van der Waals surface area (Å²) in [5, 5.41) is 0.635. The first kappa shape index (κ1) is 11.9. The number of imidazole rings is 1. The third kappa shape index (κ3) is 2.77. The lowest BCUT2D eigenvalue weighted by atomic mass is 10.3. The number of nitrogens with two attached hydrogens (primary N) is 1. The van der Waals surface area contributed by atoms with Gasteiger partial charge < -0.3 is 10.3 Å². The monoisotopic (exact) mass is 250 g/mol. The third-order valence-electron chi connectivity index (χ3n) is 2.54. The predicted molar refractivity (Wildman–Crippen MR) is 69.0 cm³/mol. The number of pyridine rings is 1. The molecule has 5 heteroatoms. The van der Waals surface area contributed by atoms with E-state index in [9.17, 15) is 0 Å². The van der Waals surface area contributed by atoms with Gasteiger partial charge in [0, 0.05) is 18.8 Å². The molecule has 0 amide bonds. The second-order valence-corrected chi connectivity index (χ2v) is 4.29. The van der Waals surface area contributed by atoms with E-state index in [1.54, 1.807) is 18.3 Å². The van der Waals surface area contributed by atoms with Gasteiger partial charge in [-0.05, 0) is 18.6 Å². The Kier molecular flexibility index (Phi) is 3.64. The van der Waals surface area contributed by atoms with Gasteiger partial charge in [-0.15, -0.1) is 0 Å². The second-order valence-electron chi connectivity index (χ2n) is 3.89. The van der Waals surface area contributed by atoms with Gasteiger partial charge in [-0.25, -0.2) is 9.97 Å². The minimum Gasteiger partial charge on any atom is -0.384 e. The molecular formula is C12H15ClN4. The average molecular weight is 251 g/mol. The van der Waals surface area contributed by atoms with Crippen LogP contribution in [0.25, 0.3) is 0 Å². The molecule has 4 nitrogen and oxygen atoms in total. The molecule has 0 fully saturated rings. The fraction of sp³-hybridized carbons (Fsp3) is 0.333. The normalized spacial score (nSPS) is 10.7. The first-order valence-corrected chi connectivity index (χ1v) is 5.99. The highest BCUT2D eigenvalue weighted by atomic mass is 35.5. The Hall–Kier alpha value is -1.55. The molecule has 0 aliphatic rings. The Morgan fingerprint density at radius 2 is 2.24 bits per heavy atom. The molecule has 0 bridgehead atoms. The van der Waals surface area contributed by atoms with Crippen LogP contribution in [0.4, 0.5) is 5.82 Å². The molecule has 2 heterocycles. The Morgan fingerprint density at radius 3 is 3.00 bits per heavy atom. The second kappa shape index (κ2) is 5.19. The van der Waals surface area contributed by atoms with Gasteiger partial charge >= 0.3 is 0 Å². The van der Waals surface area contributed by atoms with Crippen molar-refractivity contribution in [3.63, 3.8) is 0 Å². The molecule has 0 unspecified atom stereocenters. The minimum absolute atomic E-state index is 0.488. The molecule has 0 aromatic carbocycles. The van der Waals surface area contributed by atoms with Gasteiger partial charge in [-0.2, -0.15) is 0 Å². The predicted octanol–water partition coefficient (Wildman–Crippen LogP) is 2.51. The molecule has 0 saturated carbocycles. The number of aromatic nitrogens is 3. The molecule has 17 heavy (non-hydrogen) atoms. The van der Waals surface area contributed by atoms with Gasteiger partial charge in [0.15, 0.2) is 0 Å². The molecular weight excluding hydrogens is 236 g/mol. The van der Waals surface area contributed by atoms with Crippen LogP contribution < -0.4 is 5.73 Å². The summed E-state index contributed by atoms with van der Waals surface area (Å²) in [4.78, 5) is 8.56. The lowest BCUT2D eigenvalue weighted by Gasteiger charge is -2.08. The van der Waals surface area contributed by atoms with Crippen LogP contribution in [-0.4, -0.2) is 14.5 Å². The van der Waals surface area contributed by atoms with E-state index in [1.165, 1.54) is 0 Å². The van der Waals surface area contributed by atoms with Crippen LogP contribution in [-0.2, 0) is 13.0 Å². The van der Waals surface area contributed by atoms with Crippen molar-refractivity contribution in [1.29, 1.82) is 0 Å². The van der Waals surface area contributed by atoms with E-state index in [0.29, 0.717) is 17.4 Å². The summed E-state index contributed by atoms with van der Waals surface area (Å²) in [5.41, 5.74) is 6.44. The number of aryl methyl sites for hydroxylation is 1. The zero-order valence-corrected chi connectivity index (χ0v) is 10.5. The zero-order chi connectivity index (χ0) is 12.3. The van der Waals surface area contributed by atoms with Crippen molar-refractivity contribution in [3.05, 3.63) is 41.1 Å². The summed E-state index contributed by atoms with van der Waals surface area (Å²) in [6.07, 6.45) is 5.75. The summed E-state index contributed by atoms with van der Waals surface area (Å²) in [7, 11) is 0. The van der Waals surface area contributed by atoms with Crippen LogP contribution in [0.5, 0.6) is 0 Å². The van der Waals surface area contributed by atoms with Crippen LogP contribution in [0.2, 0.25) is 5.02 Å². The summed E-state index contributed by atoms with van der Waals surface area (Å²) < 4.78 is 2.05. The first-order valence-electron chi connectivity index (χ1n) is 5.61. The van der Waals surface area contributed by atoms with Crippen molar-refractivity contribution in [2.45, 2.75) is 26.3 Å². The summed E-state index contributed by atoms with van der Waals surface area (Å²) in [5.74, 6) is 1.54. The molecule has 2 aromatic rings. The quantitative estimate of drug-likeness (QED) is 0.907. The highest BCUT2D eigenvalue weighted by Crippen LogP contribution is 2.17. The van der Waals surface area contributed by atoms with E-state index >= 15 is 0 Å². The summed E-state index contributed by atoms with van der Waals surface area (Å²) in [6, 6.07) is 3.47. The number of anilines is 1. The lowest BCUT2D eigenvalue weighted by Crippen LogP contribution is -2.07. The van der Waals surface area contributed by atoms with Crippen molar-refractivity contribution in [3.8, 4) is 0 Å². The van der Waals surface area contributed by atoms with E-state index in [4.69, 9.17) is 17.3 Å². The summed E-state index contributed by atoms with van der Waals surface area (Å²) in [6.45, 7) is 2.74. The van der Waals surface area contributed by atoms with Crippen LogP contribution >= 0.6 is 11.6 Å². The fourth-order valence-corrected chi connectivity index (χ4v) is 1.87. The molecule has 0 radical (unpaired) electrons. The standard InChI is InChI=1S/C12H15ClN4/c1-2-3-12-15-6-7-17(12)8-10-9(13)4-5-11(14)16-10/h4-7H,2-3,8H2,1H3,(H2,14,16). The Labute approximate surface area is 105 Å². The number of nitrogens with zero attached hydrogens (tertiary/aromatic N) is 3. The van der Waals surface area contributed by atoms with Crippen LogP contribution in [0.15, 0.2) is 24.5 Å². The van der Waals surface area contributed by atoms with Crippen molar-refractivity contribution in [2.75, 3.05) is 5.73 Å². The molecule has 0 aliphatic heterocycles. The van der Waals surface area contributed by atoms with E-state index in [2.05, 4.69) is 21.5 Å². The molecule has 0 saturated heterocycles. The number of hydrogen-bond donors (Lipinski definition) is 1. The molecule has 2 aromatic heterocycles. The number of halogens is 1. The van der Waals surface area contributed by atoms with Crippen LogP contribution in [0.1, 0.15) is 24.9 Å². The van der Waals surface area contributed by atoms with E-state index in [1.807, 2.05) is 6.20 Å². The Balaban J connectivity index is 2.25. The maximum Gasteiger partial charge on any atom is 0.123 e. The molecule has 0 spiro atoms. The summed E-state index contributed by atoms with van der Waals surface area (Å²) >= 11 is 6.09. The third-order valence-corrected chi connectivity index (χ3v) is 2.88. The van der Waals surface area contributed by atoms with E-state index < -0.39 is 0 Å². The maximum atomic E-state index is 6.09. The van der Waals surface area contributed by atoms with Gasteiger partial charge in [0.1, 0.15) is 11.6 Å². The molecule has 0 aliphatic carbocycles. The Bertz CT molecular complexity index is 507. The highest BCUT2D eigenvalue weighted by Gasteiger charge is 2.07. The average Bonchev–Trinajstić information content (AvgIpc) is 2.72. The largest absolute Gasteiger partial charge is 0.384 e. The van der Waals surface area contributed by atoms with Crippen LogP contribution in [0, 0.1) is 0 Å². The number of nitrogen functional groups attached to an aromatic ring is 1. The maximum absolute atomic E-state index is 6.09. The first-order chi connectivity index (χ1) is 8.20. The molecule has 0 atom stereocenters. The van der Waals surface area contributed by atoms with Crippen molar-refractivity contribution in [1.82, 2.24) is 14.5 Å². The van der Waals surface area contributed by atoms with Crippen molar-refractivity contribution < 1.29 is 0 Å². The SMILES string of the molecule is CCCc1nccn1Cc1nc(N)ccc1Cl. The topological polar surface area (TPSA) is 56.7 Å². The molecule has 90 valence electrons. The smallest absolute Gasteiger partial charge is 0.123 e. The molecule has 2 rings (SSSR count). The van der Waals surface area contributed by atoms with Gasteiger partial charge in [-0.1, -0.05) is 18.5 Å².